The van der Waals surface area contributed by atoms with Crippen molar-refractivity contribution >= 4 is 17.4 Å². The summed E-state index contributed by atoms with van der Waals surface area (Å²) in [6.07, 6.45) is 6.16. The van der Waals surface area contributed by atoms with E-state index >= 15 is 0 Å². The van der Waals surface area contributed by atoms with Crippen LogP contribution in [-0.4, -0.2) is 28.5 Å². The molecule has 1 N–H and O–H groups in total. The number of aromatic nitrogens is 2. The third kappa shape index (κ3) is 2.46. The fourth-order valence-corrected chi connectivity index (χ4v) is 2.69. The number of hydrogen-bond acceptors (Lipinski definition) is 4. The maximum absolute atomic E-state index is 6.10. The lowest BCUT2D eigenvalue weighted by molar-refractivity contribution is 0.393. The average Bonchev–Trinajstić information content (AvgIpc) is 2.81. The highest BCUT2D eigenvalue weighted by molar-refractivity contribution is 6.18. The first-order valence-electron chi connectivity index (χ1n) is 5.90. The molecule has 4 nitrogen and oxygen atoms in total. The molecule has 1 aromatic rings. The lowest BCUT2D eigenvalue weighted by Crippen LogP contribution is -2.37. The number of halogens is 1. The zero-order valence-corrected chi connectivity index (χ0v) is 11.0. The minimum atomic E-state index is -0.00825. The van der Waals surface area contributed by atoms with Crippen LogP contribution >= 0.6 is 11.6 Å². The third-order valence-electron chi connectivity index (χ3n) is 3.43. The summed E-state index contributed by atoms with van der Waals surface area (Å²) in [6, 6.07) is 0. The highest BCUT2D eigenvalue weighted by atomic mass is 35.5. The summed E-state index contributed by atoms with van der Waals surface area (Å²) in [4.78, 5) is 8.36. The van der Waals surface area contributed by atoms with Crippen molar-refractivity contribution in [1.82, 2.24) is 9.97 Å². The van der Waals surface area contributed by atoms with Crippen molar-refractivity contribution < 1.29 is 4.74 Å². The van der Waals surface area contributed by atoms with Crippen LogP contribution in [0.5, 0.6) is 5.88 Å². The van der Waals surface area contributed by atoms with Gasteiger partial charge in [-0.05, 0) is 19.8 Å². The molecular weight excluding hydrogens is 238 g/mol. The maximum Gasteiger partial charge on any atom is 0.221 e. The molecule has 0 spiro atoms. The summed E-state index contributed by atoms with van der Waals surface area (Å²) >= 11 is 6.10. The first-order valence-corrected chi connectivity index (χ1v) is 6.44. The fraction of sp³-hybridized carbons (Fsp3) is 0.667. The Labute approximate surface area is 107 Å². The van der Waals surface area contributed by atoms with Crippen LogP contribution in [0.25, 0.3) is 0 Å². The number of rotatable bonds is 4. The molecule has 0 radical (unpaired) electrons. The van der Waals surface area contributed by atoms with E-state index in [2.05, 4.69) is 15.3 Å². The molecule has 0 amide bonds. The van der Waals surface area contributed by atoms with E-state index in [1.54, 1.807) is 7.11 Å². The van der Waals surface area contributed by atoms with Gasteiger partial charge < -0.3 is 10.1 Å². The highest BCUT2D eigenvalue weighted by Gasteiger charge is 2.33. The Morgan fingerprint density at radius 1 is 1.41 bits per heavy atom. The summed E-state index contributed by atoms with van der Waals surface area (Å²) in [5, 5.41) is 3.48. The Balaban J connectivity index is 2.23. The van der Waals surface area contributed by atoms with Gasteiger partial charge in [0.05, 0.1) is 18.2 Å². The van der Waals surface area contributed by atoms with Gasteiger partial charge in [0.1, 0.15) is 12.1 Å². The maximum atomic E-state index is 6.10. The number of hydrogen-bond donors (Lipinski definition) is 1. The van der Waals surface area contributed by atoms with Gasteiger partial charge in [0.25, 0.3) is 0 Å². The standard InChI is InChI=1S/C12H18ClN3O/c1-9-10(14-8-15-11(9)17-2)16-12(7-13)5-3-4-6-12/h8H,3-7H2,1-2H3,(H,14,15,16). The van der Waals surface area contributed by atoms with Gasteiger partial charge in [-0.3, -0.25) is 0 Å². The lowest BCUT2D eigenvalue weighted by Gasteiger charge is -2.29. The molecule has 0 bridgehead atoms. The molecule has 1 aromatic heterocycles. The molecule has 0 unspecified atom stereocenters. The molecule has 0 saturated heterocycles. The molecule has 0 aliphatic heterocycles. The van der Waals surface area contributed by atoms with Gasteiger partial charge in [-0.2, -0.15) is 0 Å². The van der Waals surface area contributed by atoms with E-state index in [4.69, 9.17) is 16.3 Å². The highest BCUT2D eigenvalue weighted by Crippen LogP contribution is 2.35. The smallest absolute Gasteiger partial charge is 0.221 e. The summed E-state index contributed by atoms with van der Waals surface area (Å²) in [5.74, 6) is 2.06. The van der Waals surface area contributed by atoms with Crippen molar-refractivity contribution in [3.05, 3.63) is 11.9 Å². The van der Waals surface area contributed by atoms with Crippen molar-refractivity contribution in [2.45, 2.75) is 38.1 Å². The van der Waals surface area contributed by atoms with Crippen LogP contribution in [0, 0.1) is 6.92 Å². The van der Waals surface area contributed by atoms with Crippen molar-refractivity contribution in [2.75, 3.05) is 18.3 Å². The Hall–Kier alpha value is -1.03. The molecule has 1 heterocycles. The van der Waals surface area contributed by atoms with Crippen molar-refractivity contribution in [3.8, 4) is 5.88 Å². The van der Waals surface area contributed by atoms with Gasteiger partial charge in [0.2, 0.25) is 5.88 Å². The van der Waals surface area contributed by atoms with E-state index in [1.807, 2.05) is 6.92 Å². The molecule has 1 fully saturated rings. The Morgan fingerprint density at radius 2 is 2.12 bits per heavy atom. The van der Waals surface area contributed by atoms with E-state index in [0.29, 0.717) is 11.8 Å². The summed E-state index contributed by atoms with van der Waals surface area (Å²) in [7, 11) is 1.62. The van der Waals surface area contributed by atoms with Gasteiger partial charge in [-0.25, -0.2) is 9.97 Å². The minimum absolute atomic E-state index is 0.00825. The predicted molar refractivity (Wildman–Crippen MR) is 68.9 cm³/mol. The second-order valence-corrected chi connectivity index (χ2v) is 4.87. The van der Waals surface area contributed by atoms with Crippen LogP contribution in [-0.2, 0) is 0 Å². The monoisotopic (exact) mass is 255 g/mol. The molecular formula is C12H18ClN3O. The average molecular weight is 256 g/mol. The summed E-state index contributed by atoms with van der Waals surface area (Å²) < 4.78 is 5.19. The van der Waals surface area contributed by atoms with Gasteiger partial charge in [0, 0.05) is 5.88 Å². The summed E-state index contributed by atoms with van der Waals surface area (Å²) in [5.41, 5.74) is 0.928. The van der Waals surface area contributed by atoms with Crippen LogP contribution in [0.4, 0.5) is 5.82 Å². The number of ether oxygens (including phenoxy) is 1. The Bertz CT molecular complexity index is 391. The van der Waals surface area contributed by atoms with Crippen LogP contribution < -0.4 is 10.1 Å². The largest absolute Gasteiger partial charge is 0.481 e. The number of nitrogens with one attached hydrogen (secondary N) is 1. The predicted octanol–water partition coefficient (Wildman–Crippen LogP) is 2.76. The van der Waals surface area contributed by atoms with Crippen LogP contribution in [0.15, 0.2) is 6.33 Å². The van der Waals surface area contributed by atoms with Crippen molar-refractivity contribution in [3.63, 3.8) is 0 Å². The second kappa shape index (κ2) is 5.08. The number of nitrogens with zero attached hydrogens (tertiary/aromatic N) is 2. The Morgan fingerprint density at radius 3 is 2.71 bits per heavy atom. The van der Waals surface area contributed by atoms with E-state index in [0.717, 1.165) is 24.2 Å². The van der Waals surface area contributed by atoms with Crippen molar-refractivity contribution in [2.24, 2.45) is 0 Å². The van der Waals surface area contributed by atoms with Gasteiger partial charge >= 0.3 is 0 Å². The first kappa shape index (κ1) is 12.4. The van der Waals surface area contributed by atoms with E-state index in [1.165, 1.54) is 19.2 Å². The lowest BCUT2D eigenvalue weighted by atomic mass is 10.0. The number of methoxy groups -OCH3 is 1. The first-order chi connectivity index (χ1) is 8.21. The Kier molecular flexibility index (Phi) is 3.72. The quantitative estimate of drug-likeness (QED) is 0.841. The van der Waals surface area contributed by atoms with Crippen LogP contribution in [0.1, 0.15) is 31.2 Å². The van der Waals surface area contributed by atoms with Crippen LogP contribution in [0.2, 0.25) is 0 Å². The van der Waals surface area contributed by atoms with E-state index < -0.39 is 0 Å². The molecule has 17 heavy (non-hydrogen) atoms. The third-order valence-corrected chi connectivity index (χ3v) is 3.94. The zero-order chi connectivity index (χ0) is 12.3. The molecule has 1 saturated carbocycles. The molecule has 0 atom stereocenters. The zero-order valence-electron chi connectivity index (χ0n) is 10.3. The summed E-state index contributed by atoms with van der Waals surface area (Å²) in [6.45, 7) is 1.96. The number of anilines is 1. The molecule has 94 valence electrons. The van der Waals surface area contributed by atoms with Gasteiger partial charge in [-0.1, -0.05) is 12.8 Å². The number of alkyl halides is 1. The molecule has 1 aliphatic carbocycles. The van der Waals surface area contributed by atoms with Gasteiger partial charge in [-0.15, -0.1) is 11.6 Å². The SMILES string of the molecule is COc1ncnc(NC2(CCl)CCCC2)c1C. The fourth-order valence-electron chi connectivity index (χ4n) is 2.36. The molecule has 5 heteroatoms. The normalized spacial score (nSPS) is 18.1. The minimum Gasteiger partial charge on any atom is -0.481 e. The molecule has 2 rings (SSSR count). The van der Waals surface area contributed by atoms with E-state index in [9.17, 15) is 0 Å². The van der Waals surface area contributed by atoms with Crippen molar-refractivity contribution in [1.29, 1.82) is 0 Å². The van der Waals surface area contributed by atoms with E-state index in [-0.39, 0.29) is 5.54 Å². The van der Waals surface area contributed by atoms with Crippen LogP contribution in [0.3, 0.4) is 0 Å². The topological polar surface area (TPSA) is 47.0 Å². The van der Waals surface area contributed by atoms with Gasteiger partial charge in [0.15, 0.2) is 0 Å². The molecule has 1 aliphatic rings. The second-order valence-electron chi connectivity index (χ2n) is 4.60. The molecule has 0 aromatic carbocycles.